The number of rotatable bonds is 11. The molecule has 186 valence electrons. The number of hydrogen-bond donors (Lipinski definition) is 1. The molecule has 8 nitrogen and oxygen atoms in total. The van der Waals surface area contributed by atoms with Gasteiger partial charge in [-0.3, -0.25) is 9.10 Å². The quantitative estimate of drug-likeness (QED) is 0.407. The molecule has 3 rings (SSSR count). The number of nitrogens with one attached hydrogen (secondary N) is 1. The van der Waals surface area contributed by atoms with E-state index in [0.717, 1.165) is 9.87 Å². The van der Waals surface area contributed by atoms with Crippen LogP contribution in [0.1, 0.15) is 12.5 Å². The van der Waals surface area contributed by atoms with Gasteiger partial charge in [0.1, 0.15) is 12.3 Å². The largest absolute Gasteiger partial charge is 0.494 e. The number of sulfonamides is 1. The number of benzene rings is 3. The van der Waals surface area contributed by atoms with Crippen molar-refractivity contribution in [2.45, 2.75) is 18.4 Å². The fourth-order valence-corrected chi connectivity index (χ4v) is 4.85. The third-order valence-electron chi connectivity index (χ3n) is 5.07. The number of methoxy groups -OCH3 is 2. The summed E-state index contributed by atoms with van der Waals surface area (Å²) in [6.45, 7) is 2.12. The Kier molecular flexibility index (Phi) is 8.84. The number of hydrogen-bond acceptors (Lipinski definition) is 6. The van der Waals surface area contributed by atoms with Crippen molar-refractivity contribution in [3.8, 4) is 17.2 Å². The molecule has 0 fully saturated rings. The lowest BCUT2D eigenvalue weighted by molar-refractivity contribution is -0.119. The second-order valence-electron chi connectivity index (χ2n) is 7.36. The third-order valence-corrected chi connectivity index (χ3v) is 7.09. The van der Waals surface area contributed by atoms with Crippen molar-refractivity contribution in [2.24, 2.45) is 0 Å². The summed E-state index contributed by atoms with van der Waals surface area (Å²) in [5, 5.41) is 3.34. The summed E-state index contributed by atoms with van der Waals surface area (Å²) in [6, 6.07) is 17.8. The summed E-state index contributed by atoms with van der Waals surface area (Å²) in [6.07, 6.45) is 0. The molecule has 1 amide bonds. The zero-order valence-corrected chi connectivity index (χ0v) is 21.2. The first-order chi connectivity index (χ1) is 16.8. The molecule has 0 aliphatic carbocycles. The van der Waals surface area contributed by atoms with Gasteiger partial charge in [-0.15, -0.1) is 0 Å². The van der Waals surface area contributed by atoms with Crippen molar-refractivity contribution >= 4 is 33.2 Å². The standard InChI is InChI=1S/C25H27ClN2O6S/c1-4-34-21-11-9-20(10-12-21)28(17-25(29)27-16-18-5-7-19(26)8-6-18)35(30,31)22-13-14-23(32-2)24(15-22)33-3/h5-15H,4,16-17H2,1-3H3,(H,27,29). The fourth-order valence-electron chi connectivity index (χ4n) is 3.28. The lowest BCUT2D eigenvalue weighted by atomic mass is 10.2. The number of nitrogens with zero attached hydrogens (tertiary/aromatic N) is 1. The van der Waals surface area contributed by atoms with Gasteiger partial charge in [0.2, 0.25) is 5.91 Å². The van der Waals surface area contributed by atoms with Crippen molar-refractivity contribution in [1.29, 1.82) is 0 Å². The Morgan fingerprint density at radius 2 is 1.60 bits per heavy atom. The van der Waals surface area contributed by atoms with Gasteiger partial charge >= 0.3 is 0 Å². The number of ether oxygens (including phenoxy) is 3. The van der Waals surface area contributed by atoms with Crippen molar-refractivity contribution in [1.82, 2.24) is 5.32 Å². The molecular weight excluding hydrogens is 492 g/mol. The van der Waals surface area contributed by atoms with E-state index in [0.29, 0.717) is 28.8 Å². The van der Waals surface area contributed by atoms with Crippen LogP contribution in [0.5, 0.6) is 17.2 Å². The van der Waals surface area contributed by atoms with Crippen molar-refractivity contribution in [3.63, 3.8) is 0 Å². The van der Waals surface area contributed by atoms with Crippen LogP contribution in [0.4, 0.5) is 5.69 Å². The molecule has 0 atom stereocenters. The van der Waals surface area contributed by atoms with Crippen LogP contribution < -0.4 is 23.8 Å². The minimum Gasteiger partial charge on any atom is -0.494 e. The molecule has 3 aromatic rings. The van der Waals surface area contributed by atoms with E-state index < -0.39 is 22.5 Å². The van der Waals surface area contributed by atoms with Gasteiger partial charge in [-0.05, 0) is 61.0 Å². The number of carbonyl (C=O) groups excluding carboxylic acids is 1. The molecule has 0 bridgehead atoms. The Labute approximate surface area is 210 Å². The van der Waals surface area contributed by atoms with Gasteiger partial charge in [-0.2, -0.15) is 0 Å². The maximum absolute atomic E-state index is 13.7. The number of carbonyl (C=O) groups is 1. The third kappa shape index (κ3) is 6.58. The molecule has 0 heterocycles. The first-order valence-electron chi connectivity index (χ1n) is 10.8. The van der Waals surface area contributed by atoms with Gasteiger partial charge in [0, 0.05) is 17.6 Å². The van der Waals surface area contributed by atoms with E-state index in [-0.39, 0.29) is 17.2 Å². The van der Waals surface area contributed by atoms with E-state index in [1.54, 1.807) is 48.5 Å². The van der Waals surface area contributed by atoms with Crippen LogP contribution in [-0.2, 0) is 21.4 Å². The van der Waals surface area contributed by atoms with E-state index in [2.05, 4.69) is 5.32 Å². The molecule has 10 heteroatoms. The number of halogens is 1. The highest BCUT2D eigenvalue weighted by Crippen LogP contribution is 2.32. The summed E-state index contributed by atoms with van der Waals surface area (Å²) < 4.78 is 44.3. The van der Waals surface area contributed by atoms with Crippen LogP contribution in [0, 0.1) is 0 Å². The summed E-state index contributed by atoms with van der Waals surface area (Å²) in [7, 11) is -1.26. The molecule has 0 aromatic heterocycles. The lowest BCUT2D eigenvalue weighted by Gasteiger charge is -2.25. The molecule has 0 saturated carbocycles. The minimum absolute atomic E-state index is 0.0467. The van der Waals surface area contributed by atoms with Crippen LogP contribution in [0.25, 0.3) is 0 Å². The first kappa shape index (κ1) is 26.2. The van der Waals surface area contributed by atoms with Gasteiger partial charge in [-0.25, -0.2) is 8.42 Å². The van der Waals surface area contributed by atoms with Crippen LogP contribution in [0.15, 0.2) is 71.6 Å². The molecule has 0 unspecified atom stereocenters. The second kappa shape index (κ2) is 11.8. The second-order valence-corrected chi connectivity index (χ2v) is 9.66. The maximum atomic E-state index is 13.7. The summed E-state index contributed by atoms with van der Waals surface area (Å²) >= 11 is 5.90. The van der Waals surface area contributed by atoms with Crippen LogP contribution in [0.2, 0.25) is 5.02 Å². The van der Waals surface area contributed by atoms with Gasteiger partial charge in [0.05, 0.1) is 31.4 Å². The molecule has 0 radical (unpaired) electrons. The average molecular weight is 519 g/mol. The van der Waals surface area contributed by atoms with Crippen molar-refractivity contribution < 1.29 is 27.4 Å². The predicted molar refractivity (Wildman–Crippen MR) is 135 cm³/mol. The SMILES string of the molecule is CCOc1ccc(N(CC(=O)NCc2ccc(Cl)cc2)S(=O)(=O)c2ccc(OC)c(OC)c2)cc1. The van der Waals surface area contributed by atoms with E-state index in [9.17, 15) is 13.2 Å². The zero-order valence-electron chi connectivity index (χ0n) is 19.7. The van der Waals surface area contributed by atoms with Gasteiger partial charge < -0.3 is 19.5 Å². The van der Waals surface area contributed by atoms with Gasteiger partial charge in [-0.1, -0.05) is 23.7 Å². The topological polar surface area (TPSA) is 94.2 Å². The minimum atomic E-state index is -4.14. The molecule has 3 aromatic carbocycles. The summed E-state index contributed by atoms with van der Waals surface area (Å²) in [4.78, 5) is 12.8. The smallest absolute Gasteiger partial charge is 0.264 e. The maximum Gasteiger partial charge on any atom is 0.264 e. The lowest BCUT2D eigenvalue weighted by Crippen LogP contribution is -2.40. The van der Waals surface area contributed by atoms with Crippen molar-refractivity contribution in [3.05, 3.63) is 77.3 Å². The Bertz CT molecular complexity index is 1250. The molecule has 35 heavy (non-hydrogen) atoms. The fraction of sp³-hybridized carbons (Fsp3) is 0.240. The molecular formula is C25H27ClN2O6S. The van der Waals surface area contributed by atoms with E-state index >= 15 is 0 Å². The van der Waals surface area contributed by atoms with Crippen LogP contribution in [0.3, 0.4) is 0 Å². The number of amides is 1. The van der Waals surface area contributed by atoms with Crippen LogP contribution >= 0.6 is 11.6 Å². The zero-order chi connectivity index (χ0) is 25.4. The highest BCUT2D eigenvalue weighted by atomic mass is 35.5. The van der Waals surface area contributed by atoms with Gasteiger partial charge in [0.25, 0.3) is 10.0 Å². The van der Waals surface area contributed by atoms with E-state index in [1.807, 2.05) is 6.92 Å². The first-order valence-corrected chi connectivity index (χ1v) is 12.6. The molecule has 0 saturated heterocycles. The highest BCUT2D eigenvalue weighted by molar-refractivity contribution is 7.92. The summed E-state index contributed by atoms with van der Waals surface area (Å²) in [5.41, 5.74) is 1.14. The van der Waals surface area contributed by atoms with Gasteiger partial charge in [0.15, 0.2) is 11.5 Å². The van der Waals surface area contributed by atoms with Crippen LogP contribution in [-0.4, -0.2) is 41.7 Å². The molecule has 1 N–H and O–H groups in total. The Morgan fingerprint density at radius 3 is 2.20 bits per heavy atom. The van der Waals surface area contributed by atoms with E-state index in [1.165, 1.54) is 32.4 Å². The normalized spacial score (nSPS) is 11.0. The molecule has 0 aliphatic rings. The molecule has 0 aliphatic heterocycles. The monoisotopic (exact) mass is 518 g/mol. The molecule has 0 spiro atoms. The Balaban J connectivity index is 1.91. The van der Waals surface area contributed by atoms with Crippen molar-refractivity contribution in [2.75, 3.05) is 31.7 Å². The summed E-state index contributed by atoms with van der Waals surface area (Å²) in [5.74, 6) is 0.761. The average Bonchev–Trinajstić information content (AvgIpc) is 2.87. The van der Waals surface area contributed by atoms with E-state index in [4.69, 9.17) is 25.8 Å². The highest BCUT2D eigenvalue weighted by Gasteiger charge is 2.28. The number of anilines is 1. The Hall–Kier alpha value is -3.43. The predicted octanol–water partition coefficient (Wildman–Crippen LogP) is 4.27. The Morgan fingerprint density at radius 1 is 0.943 bits per heavy atom.